The number of hydrogen-bond acceptors (Lipinski definition) is 4. The lowest BCUT2D eigenvalue weighted by atomic mass is 10.0. The molecule has 5 heteroatoms. The molecule has 0 amide bonds. The van der Waals surface area contributed by atoms with Crippen LogP contribution < -0.4 is 5.32 Å². The maximum atomic E-state index is 11.6. The van der Waals surface area contributed by atoms with Crippen molar-refractivity contribution in [2.24, 2.45) is 0 Å². The highest BCUT2D eigenvalue weighted by atomic mass is 16.4. The van der Waals surface area contributed by atoms with Crippen LogP contribution in [0.2, 0.25) is 0 Å². The van der Waals surface area contributed by atoms with E-state index in [9.17, 15) is 15.2 Å². The number of anilines is 1. The van der Waals surface area contributed by atoms with Crippen LogP contribution in [0.1, 0.15) is 35.1 Å². The molecular formula is C20H15N3O2. The number of para-hydroxylation sites is 1. The van der Waals surface area contributed by atoms with Gasteiger partial charge in [-0.2, -0.15) is 5.26 Å². The monoisotopic (exact) mass is 329 g/mol. The van der Waals surface area contributed by atoms with E-state index in [1.807, 2.05) is 48.5 Å². The fraction of sp³-hybridized carbons (Fsp3) is 0.150. The number of fused-ring (bicyclic) bond motifs is 2. The van der Waals surface area contributed by atoms with Crippen LogP contribution in [-0.2, 0) is 4.79 Å². The van der Waals surface area contributed by atoms with Crippen LogP contribution >= 0.6 is 0 Å². The van der Waals surface area contributed by atoms with Gasteiger partial charge in [0.05, 0.1) is 23.0 Å². The maximum absolute atomic E-state index is 11.6. The second-order valence-electron chi connectivity index (χ2n) is 6.14. The van der Waals surface area contributed by atoms with E-state index >= 15 is 0 Å². The molecule has 5 nitrogen and oxygen atoms in total. The molecule has 3 aromatic rings. The lowest BCUT2D eigenvalue weighted by molar-refractivity contribution is -0.138. The molecule has 0 bridgehead atoms. The van der Waals surface area contributed by atoms with E-state index in [-0.39, 0.29) is 6.04 Å². The number of carbonyl (C=O) groups is 1. The number of nitrogens with zero attached hydrogens (tertiary/aromatic N) is 2. The fourth-order valence-corrected chi connectivity index (χ4v) is 3.48. The molecule has 1 heterocycles. The molecule has 1 aromatic heterocycles. The van der Waals surface area contributed by atoms with E-state index in [0.717, 1.165) is 22.0 Å². The van der Waals surface area contributed by atoms with Crippen LogP contribution in [0.3, 0.4) is 0 Å². The summed E-state index contributed by atoms with van der Waals surface area (Å²) in [5, 5.41) is 23.2. The van der Waals surface area contributed by atoms with Crippen molar-refractivity contribution in [2.75, 3.05) is 5.32 Å². The first-order chi connectivity index (χ1) is 12.2. The van der Waals surface area contributed by atoms with Gasteiger partial charge in [-0.3, -0.25) is 4.79 Å². The lowest BCUT2D eigenvalue weighted by Crippen LogP contribution is -2.12. The molecule has 122 valence electrons. The summed E-state index contributed by atoms with van der Waals surface area (Å²) in [5.41, 5.74) is 3.03. The van der Waals surface area contributed by atoms with Crippen LogP contribution in [0.15, 0.2) is 54.6 Å². The Morgan fingerprint density at radius 3 is 2.64 bits per heavy atom. The summed E-state index contributed by atoms with van der Waals surface area (Å²) in [6.07, 6.45) is 0.439. The number of benzene rings is 2. The summed E-state index contributed by atoms with van der Waals surface area (Å²) in [6, 6.07) is 19.0. The van der Waals surface area contributed by atoms with Gasteiger partial charge in [0.1, 0.15) is 11.9 Å². The van der Waals surface area contributed by atoms with Crippen LogP contribution in [0, 0.1) is 11.3 Å². The number of carboxylic acids is 1. The zero-order valence-electron chi connectivity index (χ0n) is 13.3. The molecular weight excluding hydrogens is 314 g/mol. The minimum Gasteiger partial charge on any atom is -0.481 e. The van der Waals surface area contributed by atoms with Crippen molar-refractivity contribution < 1.29 is 9.90 Å². The number of rotatable bonds is 3. The van der Waals surface area contributed by atoms with Gasteiger partial charge in [0.25, 0.3) is 0 Å². The number of aromatic nitrogens is 1. The lowest BCUT2D eigenvalue weighted by Gasteiger charge is -2.16. The first-order valence-electron chi connectivity index (χ1n) is 8.05. The van der Waals surface area contributed by atoms with Crippen molar-refractivity contribution in [3.63, 3.8) is 0 Å². The SMILES string of the molecule is N#Cc1cc2ccccc2nc1NC1CC(C(=O)O)c2ccccc21. The molecule has 0 spiro atoms. The third kappa shape index (κ3) is 2.58. The standard InChI is InChI=1S/C20H15N3O2/c21-11-13-9-12-5-1-4-8-17(12)22-19(13)23-18-10-16(20(24)25)14-6-2-3-7-15(14)18/h1-9,16,18H,10H2,(H,22,23)(H,24,25). The second-order valence-corrected chi connectivity index (χ2v) is 6.14. The summed E-state index contributed by atoms with van der Waals surface area (Å²) >= 11 is 0. The van der Waals surface area contributed by atoms with Crippen LogP contribution in [-0.4, -0.2) is 16.1 Å². The molecule has 4 rings (SSSR count). The number of carboxylic acid groups (broad SMARTS) is 1. The highest BCUT2D eigenvalue weighted by molar-refractivity contribution is 5.83. The Kier molecular flexibility index (Phi) is 3.58. The molecule has 2 unspecified atom stereocenters. The van der Waals surface area contributed by atoms with Gasteiger partial charge >= 0.3 is 5.97 Å². The quantitative estimate of drug-likeness (QED) is 0.762. The summed E-state index contributed by atoms with van der Waals surface area (Å²) < 4.78 is 0. The number of hydrogen-bond donors (Lipinski definition) is 2. The van der Waals surface area contributed by atoms with Crippen LogP contribution in [0.4, 0.5) is 5.82 Å². The molecule has 2 atom stereocenters. The van der Waals surface area contributed by atoms with E-state index in [1.165, 1.54) is 0 Å². The Hall–Kier alpha value is -3.39. The van der Waals surface area contributed by atoms with Crippen molar-refractivity contribution in [3.8, 4) is 6.07 Å². The summed E-state index contributed by atoms with van der Waals surface area (Å²) in [4.78, 5) is 16.1. The number of aliphatic carboxylic acids is 1. The van der Waals surface area contributed by atoms with Gasteiger partial charge in [0.15, 0.2) is 0 Å². The van der Waals surface area contributed by atoms with Gasteiger partial charge in [-0.25, -0.2) is 4.98 Å². The number of pyridine rings is 1. The van der Waals surface area contributed by atoms with Crippen molar-refractivity contribution in [3.05, 3.63) is 71.3 Å². The van der Waals surface area contributed by atoms with Crippen molar-refractivity contribution in [1.82, 2.24) is 4.98 Å². The predicted octanol–water partition coefficient (Wildman–Crippen LogP) is 3.83. The molecule has 0 aliphatic heterocycles. The van der Waals surface area contributed by atoms with Gasteiger partial charge in [0.2, 0.25) is 0 Å². The largest absolute Gasteiger partial charge is 0.481 e. The normalized spacial score (nSPS) is 18.5. The minimum atomic E-state index is -0.830. The molecule has 2 aromatic carbocycles. The van der Waals surface area contributed by atoms with E-state index in [2.05, 4.69) is 16.4 Å². The van der Waals surface area contributed by atoms with Crippen LogP contribution in [0.25, 0.3) is 10.9 Å². The number of nitriles is 1. The van der Waals surface area contributed by atoms with Crippen molar-refractivity contribution in [2.45, 2.75) is 18.4 Å². The Morgan fingerprint density at radius 2 is 1.88 bits per heavy atom. The summed E-state index contributed by atoms with van der Waals surface area (Å²) in [7, 11) is 0. The minimum absolute atomic E-state index is 0.182. The van der Waals surface area contributed by atoms with Gasteiger partial charge < -0.3 is 10.4 Å². The van der Waals surface area contributed by atoms with E-state index < -0.39 is 11.9 Å². The van der Waals surface area contributed by atoms with Crippen molar-refractivity contribution >= 4 is 22.7 Å². The topological polar surface area (TPSA) is 86.0 Å². The zero-order chi connectivity index (χ0) is 17.4. The van der Waals surface area contributed by atoms with Crippen LogP contribution in [0.5, 0.6) is 0 Å². The molecule has 1 aliphatic rings. The van der Waals surface area contributed by atoms with E-state index in [4.69, 9.17) is 0 Å². The van der Waals surface area contributed by atoms with E-state index in [0.29, 0.717) is 17.8 Å². The average molecular weight is 329 g/mol. The Labute approximate surface area is 144 Å². The zero-order valence-corrected chi connectivity index (χ0v) is 13.3. The predicted molar refractivity (Wildman–Crippen MR) is 94.3 cm³/mol. The molecule has 1 aliphatic carbocycles. The maximum Gasteiger partial charge on any atom is 0.311 e. The molecule has 0 fully saturated rings. The average Bonchev–Trinajstić information content (AvgIpc) is 3.00. The summed E-state index contributed by atoms with van der Waals surface area (Å²) in [5.74, 6) is -0.879. The third-order valence-electron chi connectivity index (χ3n) is 4.67. The third-order valence-corrected chi connectivity index (χ3v) is 4.67. The first-order valence-corrected chi connectivity index (χ1v) is 8.05. The second kappa shape index (κ2) is 5.91. The molecule has 25 heavy (non-hydrogen) atoms. The van der Waals surface area contributed by atoms with Crippen molar-refractivity contribution in [1.29, 1.82) is 5.26 Å². The Balaban J connectivity index is 1.75. The Morgan fingerprint density at radius 1 is 1.16 bits per heavy atom. The molecule has 0 radical (unpaired) electrons. The highest BCUT2D eigenvalue weighted by Crippen LogP contribution is 2.42. The Bertz CT molecular complexity index is 1020. The highest BCUT2D eigenvalue weighted by Gasteiger charge is 2.35. The summed E-state index contributed by atoms with van der Waals surface area (Å²) in [6.45, 7) is 0. The smallest absolute Gasteiger partial charge is 0.311 e. The van der Waals surface area contributed by atoms with Gasteiger partial charge in [-0.15, -0.1) is 0 Å². The fourth-order valence-electron chi connectivity index (χ4n) is 3.48. The molecule has 0 saturated heterocycles. The number of nitrogens with one attached hydrogen (secondary N) is 1. The van der Waals surface area contributed by atoms with Gasteiger partial charge in [-0.05, 0) is 29.7 Å². The molecule has 0 saturated carbocycles. The molecule has 2 N–H and O–H groups in total. The van der Waals surface area contributed by atoms with E-state index in [1.54, 1.807) is 6.07 Å². The first kappa shape index (κ1) is 15.2. The van der Waals surface area contributed by atoms with Gasteiger partial charge in [-0.1, -0.05) is 42.5 Å². The van der Waals surface area contributed by atoms with Gasteiger partial charge in [0, 0.05) is 5.39 Å².